The molecule has 130 valence electrons. The summed E-state index contributed by atoms with van der Waals surface area (Å²) < 4.78 is 0. The molecule has 0 aliphatic heterocycles. The summed E-state index contributed by atoms with van der Waals surface area (Å²) in [7, 11) is 0. The molecule has 0 unspecified atom stereocenters. The molecule has 0 aliphatic carbocycles. The first kappa shape index (κ1) is 22.8. The Balaban J connectivity index is 0.000000383. The van der Waals surface area contributed by atoms with E-state index in [0.717, 1.165) is 19.4 Å². The molecule has 0 radical (unpaired) electrons. The molecule has 0 saturated heterocycles. The smallest absolute Gasteiger partial charge is 0.0743 e. The highest BCUT2D eigenvalue weighted by Gasteiger charge is 1.87. The molecule has 4 heteroatoms. The zero-order valence-electron chi connectivity index (χ0n) is 14.6. The molecule has 0 heterocycles. The van der Waals surface area contributed by atoms with E-state index < -0.39 is 0 Å². The van der Waals surface area contributed by atoms with Gasteiger partial charge in [0, 0.05) is 0 Å². The summed E-state index contributed by atoms with van der Waals surface area (Å²) in [6.07, 6.45) is 3.91. The number of aliphatic imine (C=N–C) groups is 2. The van der Waals surface area contributed by atoms with Gasteiger partial charge in [0.15, 0.2) is 0 Å². The lowest BCUT2D eigenvalue weighted by molar-refractivity contribution is 0.976. The molecule has 0 aromatic heterocycles. The first-order chi connectivity index (χ1) is 12.3. The zero-order chi connectivity index (χ0) is 18.6. The lowest BCUT2D eigenvalue weighted by Crippen LogP contribution is -1.87. The first-order valence-corrected chi connectivity index (χ1v) is 8.86. The number of hydrogen-bond acceptors (Lipinski definition) is 4. The van der Waals surface area contributed by atoms with Crippen LogP contribution >= 0.6 is 24.4 Å². The number of rotatable bonds is 6. The average molecular weight is 369 g/mol. The van der Waals surface area contributed by atoms with Gasteiger partial charge in [-0.25, -0.2) is 9.98 Å². The van der Waals surface area contributed by atoms with Gasteiger partial charge in [-0.2, -0.15) is 0 Å². The van der Waals surface area contributed by atoms with Crippen LogP contribution in [0.25, 0.3) is 0 Å². The van der Waals surface area contributed by atoms with Gasteiger partial charge in [-0.05, 0) is 48.4 Å². The van der Waals surface area contributed by atoms with Crippen molar-refractivity contribution in [3.05, 3.63) is 84.4 Å². The minimum absolute atomic E-state index is 0.643. The fourth-order valence-corrected chi connectivity index (χ4v) is 1.74. The molecule has 2 aromatic carbocycles. The first-order valence-electron chi connectivity index (χ1n) is 8.04. The molecule has 2 rings (SSSR count). The van der Waals surface area contributed by atoms with E-state index in [9.17, 15) is 0 Å². The van der Waals surface area contributed by atoms with Crippen molar-refractivity contribution in [2.45, 2.75) is 26.3 Å². The van der Waals surface area contributed by atoms with Gasteiger partial charge >= 0.3 is 0 Å². The maximum Gasteiger partial charge on any atom is 0.0743 e. The van der Waals surface area contributed by atoms with Crippen LogP contribution in [0.1, 0.15) is 24.5 Å². The molecule has 0 spiro atoms. The van der Waals surface area contributed by atoms with E-state index in [0.29, 0.717) is 6.54 Å². The summed E-state index contributed by atoms with van der Waals surface area (Å²) in [6.45, 7) is 6.93. The van der Waals surface area contributed by atoms with Gasteiger partial charge in [-0.1, -0.05) is 73.7 Å². The fourth-order valence-electron chi connectivity index (χ4n) is 1.58. The molecule has 2 nitrogen and oxygen atoms in total. The second-order valence-electron chi connectivity index (χ2n) is 4.80. The lowest BCUT2D eigenvalue weighted by atomic mass is 10.2. The highest BCUT2D eigenvalue weighted by Crippen LogP contribution is 1.99. The summed E-state index contributed by atoms with van der Waals surface area (Å²) >= 11 is 8.89. The third-order valence-corrected chi connectivity index (χ3v) is 3.14. The predicted molar refractivity (Wildman–Crippen MR) is 116 cm³/mol. The number of benzene rings is 2. The normalized spacial score (nSPS) is 8.20. The van der Waals surface area contributed by atoms with Crippen molar-refractivity contribution in [3.8, 4) is 0 Å². The van der Waals surface area contributed by atoms with E-state index in [2.05, 4.69) is 70.4 Å². The number of allylic oxidation sites excluding steroid dienone is 1. The third kappa shape index (κ3) is 15.1. The Kier molecular flexibility index (Phi) is 16.5. The van der Waals surface area contributed by atoms with Crippen LogP contribution in [0.15, 0.2) is 83.3 Å². The molecular weight excluding hydrogens is 344 g/mol. The minimum atomic E-state index is 0.643. The zero-order valence-corrected chi connectivity index (χ0v) is 16.2. The van der Waals surface area contributed by atoms with Crippen molar-refractivity contribution in [1.29, 1.82) is 0 Å². The Morgan fingerprint density at radius 2 is 1.36 bits per heavy atom. The SMILES string of the molecule is C=CCC.S=C=NCCc1ccccc1.S=C=NCc1ccccc1. The number of isothiocyanates is 2. The van der Waals surface area contributed by atoms with Crippen LogP contribution in [0.2, 0.25) is 0 Å². The van der Waals surface area contributed by atoms with Gasteiger partial charge < -0.3 is 0 Å². The summed E-state index contributed by atoms with van der Waals surface area (Å²) in [5, 5.41) is 4.67. The van der Waals surface area contributed by atoms with E-state index in [1.165, 1.54) is 11.1 Å². The van der Waals surface area contributed by atoms with Crippen LogP contribution in [-0.4, -0.2) is 16.9 Å². The molecule has 0 bridgehead atoms. The van der Waals surface area contributed by atoms with Crippen molar-refractivity contribution in [2.75, 3.05) is 6.54 Å². The van der Waals surface area contributed by atoms with Gasteiger partial charge in [0.25, 0.3) is 0 Å². The maximum atomic E-state index is 4.45. The van der Waals surface area contributed by atoms with Crippen LogP contribution in [0.3, 0.4) is 0 Å². The van der Waals surface area contributed by atoms with E-state index in [4.69, 9.17) is 0 Å². The molecule has 25 heavy (non-hydrogen) atoms. The maximum absolute atomic E-state index is 4.45. The van der Waals surface area contributed by atoms with Crippen LogP contribution < -0.4 is 0 Å². The van der Waals surface area contributed by atoms with Crippen molar-refractivity contribution in [1.82, 2.24) is 0 Å². The summed E-state index contributed by atoms with van der Waals surface area (Å²) in [6, 6.07) is 20.2. The second kappa shape index (κ2) is 18.1. The van der Waals surface area contributed by atoms with Crippen LogP contribution in [0, 0.1) is 0 Å². The van der Waals surface area contributed by atoms with E-state index in [1.54, 1.807) is 0 Å². The topological polar surface area (TPSA) is 24.7 Å². The van der Waals surface area contributed by atoms with Gasteiger partial charge in [-0.3, -0.25) is 0 Å². The van der Waals surface area contributed by atoms with Crippen molar-refractivity contribution >= 4 is 34.8 Å². The summed E-state index contributed by atoms with van der Waals surface area (Å²) in [5.41, 5.74) is 2.46. The average Bonchev–Trinajstić information content (AvgIpc) is 2.69. The standard InChI is InChI=1S/C9H9NS.C8H7NS.C4H8/c11-8-10-7-6-9-4-2-1-3-5-9;10-7-9-6-8-4-2-1-3-5-8;1-3-4-2/h1-5H,6-7H2;1-5H,6H2;3H,1,4H2,2H3. The Labute approximate surface area is 162 Å². The Bertz CT molecular complexity index is 657. The van der Waals surface area contributed by atoms with E-state index >= 15 is 0 Å². The molecule has 0 fully saturated rings. The van der Waals surface area contributed by atoms with Gasteiger partial charge in [0.2, 0.25) is 0 Å². The Hall–Kier alpha value is -2.22. The number of hydrogen-bond donors (Lipinski definition) is 0. The molecule has 0 N–H and O–H groups in total. The molecule has 0 saturated carbocycles. The molecule has 0 amide bonds. The largest absolute Gasteiger partial charge is 0.232 e. The summed E-state index contributed by atoms with van der Waals surface area (Å²) in [4.78, 5) is 7.64. The molecule has 0 atom stereocenters. The van der Waals surface area contributed by atoms with Gasteiger partial charge in [0.05, 0.1) is 23.4 Å². The van der Waals surface area contributed by atoms with Crippen molar-refractivity contribution < 1.29 is 0 Å². The van der Waals surface area contributed by atoms with Crippen LogP contribution in [0.5, 0.6) is 0 Å². The van der Waals surface area contributed by atoms with Gasteiger partial charge in [-0.15, -0.1) is 6.58 Å². The quantitative estimate of drug-likeness (QED) is 0.344. The Morgan fingerprint density at radius 1 is 0.880 bits per heavy atom. The highest BCUT2D eigenvalue weighted by molar-refractivity contribution is 7.78. The number of thiocarbonyl (C=S) groups is 2. The van der Waals surface area contributed by atoms with Crippen molar-refractivity contribution in [2.24, 2.45) is 9.98 Å². The van der Waals surface area contributed by atoms with Crippen molar-refractivity contribution in [3.63, 3.8) is 0 Å². The number of nitrogens with zero attached hydrogens (tertiary/aromatic N) is 2. The van der Waals surface area contributed by atoms with Gasteiger partial charge in [0.1, 0.15) is 0 Å². The molecule has 0 aliphatic rings. The second-order valence-corrected chi connectivity index (χ2v) is 5.16. The minimum Gasteiger partial charge on any atom is -0.232 e. The van der Waals surface area contributed by atoms with E-state index in [1.807, 2.05) is 54.6 Å². The lowest BCUT2D eigenvalue weighted by Gasteiger charge is -1.94. The Morgan fingerprint density at radius 3 is 1.80 bits per heavy atom. The predicted octanol–water partition coefficient (Wildman–Crippen LogP) is 6.20. The summed E-state index contributed by atoms with van der Waals surface area (Å²) in [5.74, 6) is 0. The van der Waals surface area contributed by atoms with Crippen LogP contribution in [-0.2, 0) is 13.0 Å². The molecular formula is C21H24N2S2. The highest BCUT2D eigenvalue weighted by atomic mass is 32.1. The fraction of sp³-hybridized carbons (Fsp3) is 0.238. The molecule has 2 aromatic rings. The monoisotopic (exact) mass is 368 g/mol. The third-order valence-electron chi connectivity index (χ3n) is 2.88. The van der Waals surface area contributed by atoms with Crippen LogP contribution in [0.4, 0.5) is 0 Å². The van der Waals surface area contributed by atoms with E-state index in [-0.39, 0.29) is 0 Å².